The molecule has 2 rings (SSSR count). The summed E-state index contributed by atoms with van der Waals surface area (Å²) in [6.07, 6.45) is 1.61. The number of rotatable bonds is 3. The van der Waals surface area contributed by atoms with Crippen LogP contribution in [0.5, 0.6) is 0 Å². The molecule has 0 saturated carbocycles. The van der Waals surface area contributed by atoms with Gasteiger partial charge >= 0.3 is 0 Å². The summed E-state index contributed by atoms with van der Waals surface area (Å²) in [6.45, 7) is 1.77. The molecule has 1 heterocycles. The Labute approximate surface area is 103 Å². The molecule has 0 N–H and O–H groups in total. The van der Waals surface area contributed by atoms with Gasteiger partial charge in [-0.3, -0.25) is 0 Å². The second-order valence-electron chi connectivity index (χ2n) is 3.80. The zero-order valence-corrected chi connectivity index (χ0v) is 9.97. The molecule has 0 saturated heterocycles. The minimum atomic E-state index is -0.572. The van der Waals surface area contributed by atoms with Gasteiger partial charge in [-0.15, -0.1) is 11.6 Å². The molecule has 1 unspecified atom stereocenters. The van der Waals surface area contributed by atoms with Crippen molar-refractivity contribution in [2.75, 3.05) is 0 Å². The van der Waals surface area contributed by atoms with E-state index < -0.39 is 17.0 Å². The third kappa shape index (κ3) is 2.50. The van der Waals surface area contributed by atoms with Gasteiger partial charge in [0, 0.05) is 11.1 Å². The Bertz CT molecular complexity index is 502. The highest BCUT2D eigenvalue weighted by molar-refractivity contribution is 6.21. The largest absolute Gasteiger partial charge is 0.469 e. The molecule has 2 aromatic rings. The first-order valence-electron chi connectivity index (χ1n) is 5.20. The van der Waals surface area contributed by atoms with Crippen LogP contribution in [0, 0.1) is 18.6 Å². The van der Waals surface area contributed by atoms with Gasteiger partial charge in [0.2, 0.25) is 0 Å². The molecule has 1 atom stereocenters. The van der Waals surface area contributed by atoms with Crippen LogP contribution in [-0.2, 0) is 6.42 Å². The van der Waals surface area contributed by atoms with Crippen molar-refractivity contribution in [3.8, 4) is 0 Å². The van der Waals surface area contributed by atoms with E-state index in [1.165, 1.54) is 24.5 Å². The normalized spacial score (nSPS) is 12.7. The van der Waals surface area contributed by atoms with Gasteiger partial charge in [-0.2, -0.15) is 0 Å². The molecule has 0 spiro atoms. The highest BCUT2D eigenvalue weighted by Crippen LogP contribution is 2.29. The highest BCUT2D eigenvalue weighted by atomic mass is 35.5. The molecular formula is C13H11ClF2O. The number of furan rings is 1. The lowest BCUT2D eigenvalue weighted by Gasteiger charge is -2.10. The predicted octanol–water partition coefficient (Wildman–Crippen LogP) is 4.39. The Morgan fingerprint density at radius 1 is 1.24 bits per heavy atom. The van der Waals surface area contributed by atoms with Crippen LogP contribution in [0.15, 0.2) is 34.9 Å². The summed E-state index contributed by atoms with van der Waals surface area (Å²) in [5.74, 6) is -0.477. The van der Waals surface area contributed by atoms with E-state index in [1.807, 2.05) is 0 Å². The van der Waals surface area contributed by atoms with Crippen LogP contribution in [-0.4, -0.2) is 0 Å². The van der Waals surface area contributed by atoms with E-state index >= 15 is 0 Å². The monoisotopic (exact) mass is 256 g/mol. The Morgan fingerprint density at radius 2 is 1.88 bits per heavy atom. The SMILES string of the molecule is Cc1occc1C(Cl)Cc1c(F)cccc1F. The smallest absolute Gasteiger partial charge is 0.129 e. The van der Waals surface area contributed by atoms with E-state index in [4.69, 9.17) is 16.0 Å². The fourth-order valence-electron chi connectivity index (χ4n) is 1.74. The van der Waals surface area contributed by atoms with Crippen LogP contribution in [0.3, 0.4) is 0 Å². The van der Waals surface area contributed by atoms with Gasteiger partial charge in [-0.25, -0.2) is 8.78 Å². The number of aryl methyl sites for hydroxylation is 1. The number of hydrogen-bond donors (Lipinski definition) is 0. The van der Waals surface area contributed by atoms with Gasteiger partial charge in [0.15, 0.2) is 0 Å². The molecule has 0 fully saturated rings. The van der Waals surface area contributed by atoms with Gasteiger partial charge in [-0.1, -0.05) is 6.07 Å². The van der Waals surface area contributed by atoms with Gasteiger partial charge in [0.25, 0.3) is 0 Å². The third-order valence-corrected chi connectivity index (χ3v) is 3.07. The molecule has 0 aliphatic carbocycles. The standard InChI is InChI=1S/C13H11ClF2O/c1-8-9(5-6-17-8)11(14)7-10-12(15)3-2-4-13(10)16/h2-6,11H,7H2,1H3. The van der Waals surface area contributed by atoms with E-state index in [0.29, 0.717) is 5.76 Å². The zero-order valence-electron chi connectivity index (χ0n) is 9.21. The molecule has 1 nitrogen and oxygen atoms in total. The average molecular weight is 257 g/mol. The Morgan fingerprint density at radius 3 is 2.41 bits per heavy atom. The molecule has 0 radical (unpaired) electrons. The number of alkyl halides is 1. The summed E-state index contributed by atoms with van der Waals surface area (Å²) in [4.78, 5) is 0. The van der Waals surface area contributed by atoms with Crippen molar-refractivity contribution in [2.24, 2.45) is 0 Å². The topological polar surface area (TPSA) is 13.1 Å². The van der Waals surface area contributed by atoms with Crippen molar-refractivity contribution in [1.29, 1.82) is 0 Å². The first kappa shape index (κ1) is 12.1. The van der Waals surface area contributed by atoms with E-state index in [9.17, 15) is 8.78 Å². The quantitative estimate of drug-likeness (QED) is 0.743. The van der Waals surface area contributed by atoms with Crippen molar-refractivity contribution >= 4 is 11.6 Å². The number of hydrogen-bond acceptors (Lipinski definition) is 1. The minimum absolute atomic E-state index is 0.00750. The fraction of sp³-hybridized carbons (Fsp3) is 0.231. The molecule has 0 aliphatic rings. The lowest BCUT2D eigenvalue weighted by Crippen LogP contribution is -2.01. The van der Waals surface area contributed by atoms with Gasteiger partial charge in [-0.05, 0) is 31.5 Å². The van der Waals surface area contributed by atoms with Crippen LogP contribution in [0.25, 0.3) is 0 Å². The molecule has 90 valence electrons. The lowest BCUT2D eigenvalue weighted by molar-refractivity contribution is 0.526. The van der Waals surface area contributed by atoms with Crippen molar-refractivity contribution in [3.63, 3.8) is 0 Å². The molecular weight excluding hydrogens is 246 g/mol. The van der Waals surface area contributed by atoms with E-state index in [1.54, 1.807) is 13.0 Å². The van der Waals surface area contributed by atoms with Crippen LogP contribution >= 0.6 is 11.6 Å². The van der Waals surface area contributed by atoms with Gasteiger partial charge in [0.1, 0.15) is 17.4 Å². The van der Waals surface area contributed by atoms with Crippen molar-refractivity contribution in [1.82, 2.24) is 0 Å². The predicted molar refractivity (Wildman–Crippen MR) is 62.1 cm³/mol. The maximum Gasteiger partial charge on any atom is 0.129 e. The summed E-state index contributed by atoms with van der Waals surface area (Å²) in [6, 6.07) is 5.50. The lowest BCUT2D eigenvalue weighted by atomic mass is 10.0. The zero-order chi connectivity index (χ0) is 12.4. The first-order chi connectivity index (χ1) is 8.09. The molecule has 0 amide bonds. The summed E-state index contributed by atoms with van der Waals surface area (Å²) in [5.41, 5.74) is 0.766. The Kier molecular flexibility index (Phi) is 3.48. The number of halogens is 3. The van der Waals surface area contributed by atoms with Gasteiger partial charge < -0.3 is 4.42 Å². The van der Waals surface area contributed by atoms with E-state index in [-0.39, 0.29) is 12.0 Å². The van der Waals surface area contributed by atoms with Crippen molar-refractivity contribution in [2.45, 2.75) is 18.7 Å². The third-order valence-electron chi connectivity index (χ3n) is 2.68. The summed E-state index contributed by atoms with van der Waals surface area (Å²) < 4.78 is 32.0. The summed E-state index contributed by atoms with van der Waals surface area (Å²) >= 11 is 6.14. The summed E-state index contributed by atoms with van der Waals surface area (Å²) in [7, 11) is 0. The Hall–Kier alpha value is -1.35. The van der Waals surface area contributed by atoms with Crippen LogP contribution < -0.4 is 0 Å². The molecule has 0 bridgehead atoms. The maximum absolute atomic E-state index is 13.4. The number of benzene rings is 1. The fourth-order valence-corrected chi connectivity index (χ4v) is 2.12. The maximum atomic E-state index is 13.4. The van der Waals surface area contributed by atoms with Crippen LogP contribution in [0.4, 0.5) is 8.78 Å². The summed E-state index contributed by atoms with van der Waals surface area (Å²) in [5, 5.41) is -0.500. The van der Waals surface area contributed by atoms with Gasteiger partial charge in [0.05, 0.1) is 11.6 Å². The van der Waals surface area contributed by atoms with Crippen LogP contribution in [0.2, 0.25) is 0 Å². The molecule has 17 heavy (non-hydrogen) atoms. The second kappa shape index (κ2) is 4.88. The van der Waals surface area contributed by atoms with Crippen LogP contribution in [0.1, 0.15) is 22.3 Å². The Balaban J connectivity index is 2.25. The molecule has 0 aliphatic heterocycles. The van der Waals surface area contributed by atoms with Crippen molar-refractivity contribution < 1.29 is 13.2 Å². The molecule has 4 heteroatoms. The minimum Gasteiger partial charge on any atom is -0.469 e. The highest BCUT2D eigenvalue weighted by Gasteiger charge is 2.18. The molecule has 1 aromatic heterocycles. The van der Waals surface area contributed by atoms with Crippen molar-refractivity contribution in [3.05, 3.63) is 59.1 Å². The molecule has 1 aromatic carbocycles. The first-order valence-corrected chi connectivity index (χ1v) is 5.64. The van der Waals surface area contributed by atoms with E-state index in [0.717, 1.165) is 5.56 Å². The van der Waals surface area contributed by atoms with E-state index in [2.05, 4.69) is 0 Å². The average Bonchev–Trinajstić information content (AvgIpc) is 2.70. The second-order valence-corrected chi connectivity index (χ2v) is 4.33.